The highest BCUT2D eigenvalue weighted by molar-refractivity contribution is 6.41. The molecule has 174 valence electrons. The summed E-state index contributed by atoms with van der Waals surface area (Å²) in [6, 6.07) is 18.5. The van der Waals surface area contributed by atoms with Crippen LogP contribution >= 0.6 is 11.6 Å². The molecule has 0 aromatic heterocycles. The van der Waals surface area contributed by atoms with Gasteiger partial charge in [0, 0.05) is 5.56 Å². The number of halogens is 1. The van der Waals surface area contributed by atoms with Crippen LogP contribution in [-0.2, 0) is 9.59 Å². The van der Waals surface area contributed by atoms with Gasteiger partial charge in [0.15, 0.2) is 11.5 Å². The standard InChI is InChI=1S/C25H22ClN3O5/c1-15-8-4-5-9-18(15)25(32)34-21-13-12-17(14-22(21)33-3)16(2)28-29-24(31)23(30)27-20-11-7-6-10-19(20)26/h4-14H,1-3H3,(H,27,30)(H,29,31)/b28-16+. The minimum atomic E-state index is -0.963. The number of methoxy groups -OCH3 is 1. The second-order valence-electron chi connectivity index (χ2n) is 7.14. The molecule has 0 aliphatic rings. The molecule has 0 bridgehead atoms. The number of aryl methyl sites for hydroxylation is 1. The molecule has 3 aromatic carbocycles. The number of benzene rings is 3. The first kappa shape index (κ1) is 24.5. The molecule has 0 fully saturated rings. The molecule has 0 aliphatic carbocycles. The summed E-state index contributed by atoms with van der Waals surface area (Å²) in [7, 11) is 1.44. The highest BCUT2D eigenvalue weighted by atomic mass is 35.5. The Morgan fingerprint density at radius 3 is 2.32 bits per heavy atom. The van der Waals surface area contributed by atoms with Crippen LogP contribution in [0.4, 0.5) is 5.69 Å². The van der Waals surface area contributed by atoms with E-state index in [0.717, 1.165) is 5.56 Å². The van der Waals surface area contributed by atoms with E-state index in [1.807, 2.05) is 19.1 Å². The lowest BCUT2D eigenvalue weighted by Gasteiger charge is -2.12. The van der Waals surface area contributed by atoms with Gasteiger partial charge in [-0.2, -0.15) is 5.10 Å². The van der Waals surface area contributed by atoms with Gasteiger partial charge in [-0.3, -0.25) is 9.59 Å². The van der Waals surface area contributed by atoms with E-state index in [1.165, 1.54) is 7.11 Å². The summed E-state index contributed by atoms with van der Waals surface area (Å²) in [4.78, 5) is 36.7. The van der Waals surface area contributed by atoms with E-state index in [2.05, 4.69) is 15.8 Å². The third kappa shape index (κ3) is 5.99. The summed E-state index contributed by atoms with van der Waals surface area (Å²) in [6.45, 7) is 3.46. The molecule has 0 saturated carbocycles. The van der Waals surface area contributed by atoms with Crippen molar-refractivity contribution >= 4 is 40.8 Å². The topological polar surface area (TPSA) is 106 Å². The first-order valence-corrected chi connectivity index (χ1v) is 10.5. The molecule has 0 unspecified atom stereocenters. The Labute approximate surface area is 201 Å². The number of carbonyl (C=O) groups is 3. The van der Waals surface area contributed by atoms with Gasteiger partial charge < -0.3 is 14.8 Å². The number of esters is 1. The van der Waals surface area contributed by atoms with Crippen LogP contribution in [0, 0.1) is 6.92 Å². The van der Waals surface area contributed by atoms with Crippen LogP contribution < -0.4 is 20.2 Å². The van der Waals surface area contributed by atoms with Crippen LogP contribution in [0.15, 0.2) is 71.8 Å². The minimum Gasteiger partial charge on any atom is -0.493 e. The molecular weight excluding hydrogens is 458 g/mol. The molecular formula is C25H22ClN3O5. The number of carbonyl (C=O) groups excluding carboxylic acids is 3. The average molecular weight is 480 g/mol. The van der Waals surface area contributed by atoms with Gasteiger partial charge in [-0.25, -0.2) is 10.2 Å². The van der Waals surface area contributed by atoms with Crippen molar-refractivity contribution in [2.24, 2.45) is 5.10 Å². The Morgan fingerprint density at radius 2 is 1.62 bits per heavy atom. The Morgan fingerprint density at radius 1 is 0.912 bits per heavy atom. The zero-order valence-electron chi connectivity index (χ0n) is 18.7. The molecule has 0 saturated heterocycles. The Kier molecular flexibility index (Phi) is 8.00. The lowest BCUT2D eigenvalue weighted by atomic mass is 10.1. The van der Waals surface area contributed by atoms with Crippen molar-refractivity contribution in [3.63, 3.8) is 0 Å². The van der Waals surface area contributed by atoms with Crippen LogP contribution in [0.25, 0.3) is 0 Å². The number of anilines is 1. The molecule has 3 rings (SSSR count). The lowest BCUT2D eigenvalue weighted by Crippen LogP contribution is -2.33. The van der Waals surface area contributed by atoms with E-state index < -0.39 is 17.8 Å². The second kappa shape index (κ2) is 11.1. The van der Waals surface area contributed by atoms with Gasteiger partial charge in [0.1, 0.15) is 0 Å². The maximum Gasteiger partial charge on any atom is 0.343 e. The maximum absolute atomic E-state index is 12.5. The molecule has 0 heterocycles. The summed E-state index contributed by atoms with van der Waals surface area (Å²) in [5.41, 5.74) is 4.73. The SMILES string of the molecule is COc1cc(/C(C)=N/NC(=O)C(=O)Nc2ccccc2Cl)ccc1OC(=O)c1ccccc1C. The molecule has 3 aromatic rings. The van der Waals surface area contributed by atoms with Gasteiger partial charge in [-0.05, 0) is 55.8 Å². The zero-order valence-corrected chi connectivity index (χ0v) is 19.5. The van der Waals surface area contributed by atoms with Crippen molar-refractivity contribution in [1.82, 2.24) is 5.43 Å². The highest BCUT2D eigenvalue weighted by Crippen LogP contribution is 2.29. The third-order valence-corrected chi connectivity index (χ3v) is 5.13. The van der Waals surface area contributed by atoms with E-state index in [4.69, 9.17) is 21.1 Å². The number of ether oxygens (including phenoxy) is 2. The second-order valence-corrected chi connectivity index (χ2v) is 7.55. The van der Waals surface area contributed by atoms with E-state index in [9.17, 15) is 14.4 Å². The van der Waals surface area contributed by atoms with Crippen molar-refractivity contribution in [3.05, 3.63) is 88.4 Å². The highest BCUT2D eigenvalue weighted by Gasteiger charge is 2.17. The molecule has 34 heavy (non-hydrogen) atoms. The van der Waals surface area contributed by atoms with Crippen molar-refractivity contribution < 1.29 is 23.9 Å². The number of nitrogens with one attached hydrogen (secondary N) is 2. The number of rotatable bonds is 6. The maximum atomic E-state index is 12.5. The molecule has 2 amide bonds. The molecule has 0 spiro atoms. The van der Waals surface area contributed by atoms with Crippen molar-refractivity contribution in [2.75, 3.05) is 12.4 Å². The van der Waals surface area contributed by atoms with Crippen molar-refractivity contribution in [2.45, 2.75) is 13.8 Å². The summed E-state index contributed by atoms with van der Waals surface area (Å²) in [5, 5.41) is 6.68. The van der Waals surface area contributed by atoms with Crippen LogP contribution in [0.3, 0.4) is 0 Å². The predicted octanol–water partition coefficient (Wildman–Crippen LogP) is 4.36. The smallest absolute Gasteiger partial charge is 0.343 e. The fourth-order valence-corrected chi connectivity index (χ4v) is 3.11. The van der Waals surface area contributed by atoms with Gasteiger partial charge in [-0.15, -0.1) is 0 Å². The lowest BCUT2D eigenvalue weighted by molar-refractivity contribution is -0.136. The van der Waals surface area contributed by atoms with E-state index in [0.29, 0.717) is 33.3 Å². The largest absolute Gasteiger partial charge is 0.493 e. The molecule has 8 nitrogen and oxygen atoms in total. The monoisotopic (exact) mass is 479 g/mol. The Hall–Kier alpha value is -4.17. The summed E-state index contributed by atoms with van der Waals surface area (Å²) < 4.78 is 10.8. The van der Waals surface area contributed by atoms with Gasteiger partial charge in [-0.1, -0.05) is 41.9 Å². The molecule has 0 atom stereocenters. The first-order valence-electron chi connectivity index (χ1n) is 10.2. The first-order chi connectivity index (χ1) is 16.3. The van der Waals surface area contributed by atoms with Crippen LogP contribution in [0.5, 0.6) is 11.5 Å². The molecule has 0 radical (unpaired) electrons. The van der Waals surface area contributed by atoms with Crippen LogP contribution in [0.1, 0.15) is 28.4 Å². The average Bonchev–Trinajstić information content (AvgIpc) is 2.84. The number of para-hydroxylation sites is 1. The zero-order chi connectivity index (χ0) is 24.7. The Bertz CT molecular complexity index is 1270. The number of nitrogens with zero attached hydrogens (tertiary/aromatic N) is 1. The number of hydrazone groups is 1. The predicted molar refractivity (Wildman–Crippen MR) is 130 cm³/mol. The quantitative estimate of drug-likeness (QED) is 0.180. The fraction of sp³-hybridized carbons (Fsp3) is 0.120. The Balaban J connectivity index is 1.68. The minimum absolute atomic E-state index is 0.232. The van der Waals surface area contributed by atoms with Gasteiger partial charge in [0.25, 0.3) is 0 Å². The van der Waals surface area contributed by atoms with Crippen LogP contribution in [0.2, 0.25) is 5.02 Å². The van der Waals surface area contributed by atoms with Gasteiger partial charge in [0.2, 0.25) is 0 Å². The molecule has 0 aliphatic heterocycles. The third-order valence-electron chi connectivity index (χ3n) is 4.80. The summed E-state index contributed by atoms with van der Waals surface area (Å²) in [5.74, 6) is -1.85. The number of hydrogen-bond acceptors (Lipinski definition) is 6. The van der Waals surface area contributed by atoms with Gasteiger partial charge >= 0.3 is 17.8 Å². The molecule has 2 N–H and O–H groups in total. The van der Waals surface area contributed by atoms with E-state index in [-0.39, 0.29) is 5.75 Å². The van der Waals surface area contributed by atoms with Crippen molar-refractivity contribution in [1.29, 1.82) is 0 Å². The molecule has 9 heteroatoms. The van der Waals surface area contributed by atoms with Gasteiger partial charge in [0.05, 0.1) is 29.1 Å². The summed E-state index contributed by atoms with van der Waals surface area (Å²) >= 11 is 5.98. The normalized spacial score (nSPS) is 10.9. The van der Waals surface area contributed by atoms with Crippen molar-refractivity contribution in [3.8, 4) is 11.5 Å². The van der Waals surface area contributed by atoms with E-state index >= 15 is 0 Å². The number of hydrogen-bond donors (Lipinski definition) is 2. The summed E-state index contributed by atoms with van der Waals surface area (Å²) in [6.07, 6.45) is 0. The fourth-order valence-electron chi connectivity index (χ4n) is 2.93. The van der Waals surface area contributed by atoms with E-state index in [1.54, 1.807) is 61.5 Å². The number of amides is 2. The van der Waals surface area contributed by atoms with Crippen LogP contribution in [-0.4, -0.2) is 30.6 Å².